The van der Waals surface area contributed by atoms with Crippen LogP contribution in [0, 0.1) is 12.8 Å². The minimum atomic E-state index is 0.793. The predicted molar refractivity (Wildman–Crippen MR) is 86.5 cm³/mol. The van der Waals surface area contributed by atoms with Crippen LogP contribution in [0.1, 0.15) is 30.5 Å². The summed E-state index contributed by atoms with van der Waals surface area (Å²) in [7, 11) is 4.37. The molecule has 0 N–H and O–H groups in total. The molecule has 3 heterocycles. The first kappa shape index (κ1) is 14.4. The maximum atomic E-state index is 4.61. The number of hydrogen-bond donors (Lipinski definition) is 0. The Morgan fingerprint density at radius 1 is 1.25 bits per heavy atom. The van der Waals surface area contributed by atoms with E-state index in [1.54, 1.807) is 0 Å². The van der Waals surface area contributed by atoms with E-state index in [0.717, 1.165) is 29.5 Å². The molecule has 0 radical (unpaired) electrons. The van der Waals surface area contributed by atoms with Crippen LogP contribution in [0.3, 0.4) is 0 Å². The van der Waals surface area contributed by atoms with E-state index in [-0.39, 0.29) is 0 Å². The number of likely N-dealkylation sites (tertiary alicyclic amines) is 1. The van der Waals surface area contributed by atoms with Crippen LogP contribution in [0.2, 0.25) is 0 Å². The summed E-state index contributed by atoms with van der Waals surface area (Å²) in [5.41, 5.74) is 2.51. The molecule has 4 nitrogen and oxygen atoms in total. The lowest BCUT2D eigenvalue weighted by molar-refractivity contribution is 0.102. The van der Waals surface area contributed by atoms with E-state index in [0.29, 0.717) is 0 Å². The van der Waals surface area contributed by atoms with Gasteiger partial charge in [-0.15, -0.1) is 0 Å². The summed E-state index contributed by atoms with van der Waals surface area (Å²) < 4.78 is 2.07. The summed E-state index contributed by atoms with van der Waals surface area (Å²) in [4.78, 5) is 5.14. The quantitative estimate of drug-likeness (QED) is 0.773. The monoisotopic (exact) mass is 340 g/mol. The molecule has 2 saturated heterocycles. The Morgan fingerprint density at radius 2 is 2.05 bits per heavy atom. The summed E-state index contributed by atoms with van der Waals surface area (Å²) in [6.07, 6.45) is 4.01. The molecule has 20 heavy (non-hydrogen) atoms. The smallest absolute Gasteiger partial charge is 0.130 e. The van der Waals surface area contributed by atoms with E-state index >= 15 is 0 Å². The predicted octanol–water partition coefficient (Wildman–Crippen LogP) is 2.54. The third-order valence-electron chi connectivity index (χ3n) is 5.09. The normalized spacial score (nSPS) is 27.7. The lowest BCUT2D eigenvalue weighted by Gasteiger charge is -2.46. The van der Waals surface area contributed by atoms with Gasteiger partial charge >= 0.3 is 0 Å². The number of piperidine rings is 2. The topological polar surface area (TPSA) is 24.3 Å². The number of alkyl halides is 1. The van der Waals surface area contributed by atoms with Crippen LogP contribution in [0.15, 0.2) is 0 Å². The van der Waals surface area contributed by atoms with Gasteiger partial charge in [-0.25, -0.2) is 0 Å². The Balaban J connectivity index is 1.83. The summed E-state index contributed by atoms with van der Waals surface area (Å²) in [5, 5.41) is 5.51. The van der Waals surface area contributed by atoms with Crippen molar-refractivity contribution in [2.24, 2.45) is 13.0 Å². The van der Waals surface area contributed by atoms with Gasteiger partial charge in [0, 0.05) is 37.1 Å². The highest BCUT2D eigenvalue weighted by Crippen LogP contribution is 2.34. The number of aromatic nitrogens is 2. The second-order valence-corrected chi connectivity index (χ2v) is 6.89. The van der Waals surface area contributed by atoms with Crippen molar-refractivity contribution >= 4 is 21.7 Å². The molecule has 0 aromatic carbocycles. The maximum Gasteiger partial charge on any atom is 0.130 e. The molecular weight excluding hydrogens is 316 g/mol. The summed E-state index contributed by atoms with van der Waals surface area (Å²) in [6, 6.07) is 0.793. The zero-order valence-corrected chi connectivity index (χ0v) is 14.4. The van der Waals surface area contributed by atoms with Crippen molar-refractivity contribution in [2.45, 2.75) is 37.6 Å². The van der Waals surface area contributed by atoms with Gasteiger partial charge in [-0.3, -0.25) is 4.68 Å². The highest BCUT2D eigenvalue weighted by molar-refractivity contribution is 9.08. The molecule has 2 fully saturated rings. The molecule has 0 bridgehead atoms. The van der Waals surface area contributed by atoms with Gasteiger partial charge in [-0.1, -0.05) is 15.9 Å². The van der Waals surface area contributed by atoms with Gasteiger partial charge in [0.15, 0.2) is 0 Å². The van der Waals surface area contributed by atoms with E-state index in [9.17, 15) is 0 Å². The third kappa shape index (κ3) is 2.39. The van der Waals surface area contributed by atoms with Crippen molar-refractivity contribution < 1.29 is 0 Å². The summed E-state index contributed by atoms with van der Waals surface area (Å²) in [5.74, 6) is 2.15. The third-order valence-corrected chi connectivity index (χ3v) is 5.65. The molecule has 0 spiro atoms. The van der Waals surface area contributed by atoms with Gasteiger partial charge < -0.3 is 9.80 Å². The van der Waals surface area contributed by atoms with Gasteiger partial charge in [0.05, 0.1) is 5.69 Å². The first-order chi connectivity index (χ1) is 9.61. The molecule has 112 valence electrons. The van der Waals surface area contributed by atoms with Gasteiger partial charge in [0.1, 0.15) is 5.82 Å². The highest BCUT2D eigenvalue weighted by Gasteiger charge is 2.35. The number of halogens is 1. The van der Waals surface area contributed by atoms with Crippen molar-refractivity contribution in [3.8, 4) is 0 Å². The van der Waals surface area contributed by atoms with Gasteiger partial charge in [0.25, 0.3) is 0 Å². The van der Waals surface area contributed by atoms with Gasteiger partial charge in [-0.05, 0) is 45.7 Å². The number of aryl methyl sites for hydroxylation is 2. The van der Waals surface area contributed by atoms with E-state index in [4.69, 9.17) is 0 Å². The molecule has 0 saturated carbocycles. The van der Waals surface area contributed by atoms with E-state index in [1.807, 2.05) is 0 Å². The minimum absolute atomic E-state index is 0.793. The van der Waals surface area contributed by atoms with Gasteiger partial charge in [0.2, 0.25) is 0 Å². The molecule has 0 amide bonds. The molecule has 2 atom stereocenters. The fourth-order valence-corrected chi connectivity index (χ4v) is 4.74. The first-order valence-electron chi connectivity index (χ1n) is 7.65. The zero-order valence-electron chi connectivity index (χ0n) is 12.8. The highest BCUT2D eigenvalue weighted by atomic mass is 79.9. The average Bonchev–Trinajstić information content (AvgIpc) is 2.72. The maximum absolute atomic E-state index is 4.61. The Kier molecular flexibility index (Phi) is 4.09. The van der Waals surface area contributed by atoms with Crippen molar-refractivity contribution in [1.82, 2.24) is 14.7 Å². The van der Waals surface area contributed by atoms with Crippen molar-refractivity contribution in [1.29, 1.82) is 0 Å². The van der Waals surface area contributed by atoms with E-state index < -0.39 is 0 Å². The average molecular weight is 341 g/mol. The largest absolute Gasteiger partial charge is 0.356 e. The number of rotatable bonds is 2. The number of hydrogen-bond acceptors (Lipinski definition) is 3. The molecule has 1 aromatic rings. The minimum Gasteiger partial charge on any atom is -0.356 e. The second-order valence-electron chi connectivity index (χ2n) is 6.33. The van der Waals surface area contributed by atoms with Crippen LogP contribution in [0.25, 0.3) is 0 Å². The molecule has 2 unspecified atom stereocenters. The van der Waals surface area contributed by atoms with Crippen LogP contribution >= 0.6 is 15.9 Å². The Morgan fingerprint density at radius 3 is 2.80 bits per heavy atom. The van der Waals surface area contributed by atoms with Crippen LogP contribution in [-0.2, 0) is 12.4 Å². The number of fused-ring (bicyclic) bond motifs is 1. The Labute approximate surface area is 130 Å². The second kappa shape index (κ2) is 5.68. The van der Waals surface area contributed by atoms with Crippen LogP contribution in [0.5, 0.6) is 0 Å². The standard InChI is InChI=1S/C15H25BrN4/c1-11-13(9-16)15(19(3)17-11)20-8-6-14-12(10-20)5-4-7-18(14)2/h12,14H,4-10H2,1-3H3. The van der Waals surface area contributed by atoms with Gasteiger partial charge in [-0.2, -0.15) is 5.10 Å². The van der Waals surface area contributed by atoms with Crippen molar-refractivity contribution in [3.63, 3.8) is 0 Å². The van der Waals surface area contributed by atoms with E-state index in [1.165, 1.54) is 43.7 Å². The Bertz CT molecular complexity index is 484. The molecule has 5 heteroatoms. The van der Waals surface area contributed by atoms with Crippen LogP contribution < -0.4 is 4.90 Å². The lowest BCUT2D eigenvalue weighted by atomic mass is 9.84. The lowest BCUT2D eigenvalue weighted by Crippen LogP contribution is -2.53. The molecule has 2 aliphatic rings. The van der Waals surface area contributed by atoms with Crippen LogP contribution in [-0.4, -0.2) is 47.4 Å². The van der Waals surface area contributed by atoms with Crippen LogP contribution in [0.4, 0.5) is 5.82 Å². The molecule has 2 aliphatic heterocycles. The van der Waals surface area contributed by atoms with E-state index in [2.05, 4.69) is 56.5 Å². The number of nitrogens with zero attached hydrogens (tertiary/aromatic N) is 4. The SMILES string of the molecule is Cc1nn(C)c(N2CCC3C(CCCN3C)C2)c1CBr. The Hall–Kier alpha value is -0.550. The molecule has 3 rings (SSSR count). The zero-order chi connectivity index (χ0) is 14.3. The van der Waals surface area contributed by atoms with Crippen molar-refractivity contribution in [2.75, 3.05) is 31.6 Å². The summed E-state index contributed by atoms with van der Waals surface area (Å²) >= 11 is 3.63. The fraction of sp³-hybridized carbons (Fsp3) is 0.800. The number of anilines is 1. The van der Waals surface area contributed by atoms with Crippen molar-refractivity contribution in [3.05, 3.63) is 11.3 Å². The summed E-state index contributed by atoms with van der Waals surface area (Å²) in [6.45, 7) is 5.73. The molecule has 1 aromatic heterocycles. The fourth-order valence-electron chi connectivity index (χ4n) is 4.09. The molecular formula is C15H25BrN4. The molecule has 0 aliphatic carbocycles. The first-order valence-corrected chi connectivity index (χ1v) is 8.77.